The predicted octanol–water partition coefficient (Wildman–Crippen LogP) is 4.70. The van der Waals surface area contributed by atoms with Gasteiger partial charge in [-0.05, 0) is 68.3 Å². The minimum atomic E-state index is -1.22. The molecule has 1 amide bonds. The van der Waals surface area contributed by atoms with E-state index >= 15 is 0 Å². The Kier molecular flexibility index (Phi) is 5.85. The Hall–Kier alpha value is -4.53. The van der Waals surface area contributed by atoms with Crippen molar-refractivity contribution in [2.24, 2.45) is 10.2 Å². The number of hydrazone groups is 2. The molecule has 4 rings (SSSR count). The molecule has 0 radical (unpaired) electrons. The van der Waals surface area contributed by atoms with Crippen molar-refractivity contribution in [1.82, 2.24) is 0 Å². The van der Waals surface area contributed by atoms with E-state index in [4.69, 9.17) is 0 Å². The van der Waals surface area contributed by atoms with E-state index in [-0.39, 0.29) is 33.8 Å². The van der Waals surface area contributed by atoms with Crippen molar-refractivity contribution in [1.29, 1.82) is 0 Å². The quantitative estimate of drug-likeness (QED) is 0.377. The number of benzene rings is 3. The van der Waals surface area contributed by atoms with Gasteiger partial charge in [-0.25, -0.2) is 9.18 Å². The number of halogens is 1. The number of hydrogen-bond acceptors (Lipinski definition) is 6. The van der Waals surface area contributed by atoms with Gasteiger partial charge in [0.15, 0.2) is 5.71 Å². The van der Waals surface area contributed by atoms with Crippen molar-refractivity contribution in [2.45, 2.75) is 20.8 Å². The number of carboxylic acid groups (broad SMARTS) is 1. The van der Waals surface area contributed by atoms with Gasteiger partial charge < -0.3 is 10.2 Å². The monoisotopic (exact) mass is 460 g/mol. The summed E-state index contributed by atoms with van der Waals surface area (Å²) in [5.41, 5.74) is 5.78. The van der Waals surface area contributed by atoms with Crippen LogP contribution in [0, 0.1) is 19.7 Å². The third-order valence-electron chi connectivity index (χ3n) is 5.55. The van der Waals surface area contributed by atoms with Gasteiger partial charge in [-0.1, -0.05) is 18.2 Å². The molecule has 34 heavy (non-hydrogen) atoms. The normalized spacial score (nSPS) is 14.5. The second kappa shape index (κ2) is 8.78. The Morgan fingerprint density at radius 1 is 1.03 bits per heavy atom. The van der Waals surface area contributed by atoms with Crippen molar-refractivity contribution in [3.63, 3.8) is 0 Å². The molecule has 0 unspecified atom stereocenters. The minimum Gasteiger partial charge on any atom is -0.505 e. The van der Waals surface area contributed by atoms with Crippen LogP contribution in [0.3, 0.4) is 0 Å². The molecule has 3 aromatic carbocycles. The molecule has 0 aromatic heterocycles. The van der Waals surface area contributed by atoms with Gasteiger partial charge in [0.2, 0.25) is 0 Å². The summed E-state index contributed by atoms with van der Waals surface area (Å²) in [5, 5.41) is 29.6. The first-order valence-electron chi connectivity index (χ1n) is 10.3. The van der Waals surface area contributed by atoms with Crippen LogP contribution in [0.25, 0.3) is 11.1 Å². The number of phenolic OH excluding ortho intramolecular Hbond substituents is 1. The molecule has 0 saturated carbocycles. The highest BCUT2D eigenvalue weighted by atomic mass is 19.1. The zero-order valence-electron chi connectivity index (χ0n) is 18.6. The average molecular weight is 460 g/mol. The van der Waals surface area contributed by atoms with Gasteiger partial charge >= 0.3 is 11.9 Å². The standard InChI is InChI=1S/C25H21FN4O4/c1-13-7-9-17(11-14(13)2)30-24(32)22(15(3)29-30)28-27-21-6-4-5-18(23(21)31)19-12-16(25(33)34)8-10-20(19)26/h4-12,27,31H,1-3H3,(H,33,34). The molecule has 0 atom stereocenters. The SMILES string of the molecule is CC1=NN(c2ccc(C)c(C)c2)C(=O)C1=NNc1cccc(-c2cc(C(=O)O)ccc2F)c1O. The Morgan fingerprint density at radius 3 is 2.50 bits per heavy atom. The van der Waals surface area contributed by atoms with Crippen molar-refractivity contribution in [3.8, 4) is 16.9 Å². The number of carbonyl (C=O) groups is 2. The van der Waals surface area contributed by atoms with Crippen molar-refractivity contribution >= 4 is 34.7 Å². The molecule has 1 aliphatic rings. The minimum absolute atomic E-state index is 0.0575. The summed E-state index contributed by atoms with van der Waals surface area (Å²) < 4.78 is 14.4. The first kappa shape index (κ1) is 22.7. The number of nitrogens with one attached hydrogen (secondary N) is 1. The molecule has 8 nitrogen and oxygen atoms in total. The van der Waals surface area contributed by atoms with Crippen LogP contribution in [-0.2, 0) is 4.79 Å². The van der Waals surface area contributed by atoms with Gasteiger partial charge in [0.1, 0.15) is 11.6 Å². The topological polar surface area (TPSA) is 115 Å². The zero-order chi connectivity index (χ0) is 24.6. The maximum atomic E-state index is 14.4. The van der Waals surface area contributed by atoms with Gasteiger partial charge in [-0.3, -0.25) is 10.2 Å². The van der Waals surface area contributed by atoms with Crippen LogP contribution in [0.5, 0.6) is 5.75 Å². The first-order valence-corrected chi connectivity index (χ1v) is 10.3. The third-order valence-corrected chi connectivity index (χ3v) is 5.55. The number of hydrogen-bond donors (Lipinski definition) is 3. The Labute approximate surface area is 194 Å². The van der Waals surface area contributed by atoms with Crippen molar-refractivity contribution in [3.05, 3.63) is 77.1 Å². The summed E-state index contributed by atoms with van der Waals surface area (Å²) in [6.07, 6.45) is 0. The fraction of sp³-hybridized carbons (Fsp3) is 0.120. The number of phenols is 1. The lowest BCUT2D eigenvalue weighted by Crippen LogP contribution is -2.28. The van der Waals surface area contributed by atoms with E-state index in [1.165, 1.54) is 17.1 Å². The molecule has 0 aliphatic carbocycles. The lowest BCUT2D eigenvalue weighted by molar-refractivity contribution is -0.112. The lowest BCUT2D eigenvalue weighted by Gasteiger charge is -2.13. The number of anilines is 2. The Bertz CT molecular complexity index is 1400. The highest BCUT2D eigenvalue weighted by Gasteiger charge is 2.31. The molecule has 1 aliphatic heterocycles. The lowest BCUT2D eigenvalue weighted by atomic mass is 10.0. The third kappa shape index (κ3) is 4.11. The fourth-order valence-electron chi connectivity index (χ4n) is 3.49. The summed E-state index contributed by atoms with van der Waals surface area (Å²) in [6.45, 7) is 5.56. The number of carbonyl (C=O) groups excluding carboxylic acids is 1. The molecular weight excluding hydrogens is 439 g/mol. The smallest absolute Gasteiger partial charge is 0.335 e. The van der Waals surface area contributed by atoms with Gasteiger partial charge in [0, 0.05) is 11.1 Å². The molecule has 0 bridgehead atoms. The number of carboxylic acids is 1. The highest BCUT2D eigenvalue weighted by Crippen LogP contribution is 2.37. The van der Waals surface area contributed by atoms with Crippen LogP contribution < -0.4 is 10.4 Å². The van der Waals surface area contributed by atoms with Crippen LogP contribution in [0.4, 0.5) is 15.8 Å². The van der Waals surface area contributed by atoms with Gasteiger partial charge in [0.25, 0.3) is 0 Å². The van der Waals surface area contributed by atoms with E-state index in [1.54, 1.807) is 19.1 Å². The summed E-state index contributed by atoms with van der Waals surface area (Å²) in [6, 6.07) is 13.3. The van der Waals surface area contributed by atoms with Crippen molar-refractivity contribution < 1.29 is 24.2 Å². The Morgan fingerprint density at radius 2 is 1.79 bits per heavy atom. The van der Waals surface area contributed by atoms with E-state index in [9.17, 15) is 24.2 Å². The number of rotatable bonds is 5. The van der Waals surface area contributed by atoms with Crippen LogP contribution in [0.1, 0.15) is 28.4 Å². The number of para-hydroxylation sites is 1. The molecule has 3 aromatic rings. The maximum absolute atomic E-state index is 14.4. The maximum Gasteiger partial charge on any atom is 0.335 e. The molecular formula is C25H21FN4O4. The van der Waals surface area contributed by atoms with E-state index in [1.807, 2.05) is 26.0 Å². The second-order valence-electron chi connectivity index (χ2n) is 7.84. The van der Waals surface area contributed by atoms with Crippen LogP contribution in [0.15, 0.2) is 64.8 Å². The average Bonchev–Trinajstić information content (AvgIpc) is 3.08. The molecule has 172 valence electrons. The number of aromatic hydroxyl groups is 1. The number of amides is 1. The number of nitrogens with zero attached hydrogens (tertiary/aromatic N) is 3. The first-order chi connectivity index (χ1) is 16.2. The number of aromatic carboxylic acids is 1. The van der Waals surface area contributed by atoms with E-state index in [2.05, 4.69) is 15.6 Å². The summed E-state index contributed by atoms with van der Waals surface area (Å²) >= 11 is 0. The van der Waals surface area contributed by atoms with Crippen molar-refractivity contribution in [2.75, 3.05) is 10.4 Å². The van der Waals surface area contributed by atoms with Crippen LogP contribution in [-0.4, -0.2) is 33.5 Å². The highest BCUT2D eigenvalue weighted by molar-refractivity contribution is 6.71. The molecule has 9 heteroatoms. The zero-order valence-corrected chi connectivity index (χ0v) is 18.6. The molecule has 1 heterocycles. The molecule has 3 N–H and O–H groups in total. The molecule has 0 spiro atoms. The van der Waals surface area contributed by atoms with Crippen LogP contribution >= 0.6 is 0 Å². The fourth-order valence-corrected chi connectivity index (χ4v) is 3.49. The Balaban J connectivity index is 1.63. The second-order valence-corrected chi connectivity index (χ2v) is 7.84. The van der Waals surface area contributed by atoms with Gasteiger partial charge in [-0.15, -0.1) is 0 Å². The summed E-state index contributed by atoms with van der Waals surface area (Å²) in [5.74, 6) is -2.70. The van der Waals surface area contributed by atoms with Gasteiger partial charge in [-0.2, -0.15) is 15.2 Å². The van der Waals surface area contributed by atoms with E-state index < -0.39 is 17.7 Å². The molecule has 0 saturated heterocycles. The van der Waals surface area contributed by atoms with Crippen LogP contribution in [0.2, 0.25) is 0 Å². The predicted molar refractivity (Wildman–Crippen MR) is 128 cm³/mol. The number of aryl methyl sites for hydroxylation is 2. The summed E-state index contributed by atoms with van der Waals surface area (Å²) in [4.78, 5) is 24.2. The van der Waals surface area contributed by atoms with E-state index in [0.717, 1.165) is 29.3 Å². The van der Waals surface area contributed by atoms with E-state index in [0.29, 0.717) is 11.4 Å². The van der Waals surface area contributed by atoms with Gasteiger partial charge in [0.05, 0.1) is 22.6 Å². The molecule has 0 fully saturated rings. The summed E-state index contributed by atoms with van der Waals surface area (Å²) in [7, 11) is 0. The largest absolute Gasteiger partial charge is 0.505 e.